The van der Waals surface area contributed by atoms with E-state index in [1.807, 2.05) is 13.8 Å². The summed E-state index contributed by atoms with van der Waals surface area (Å²) in [5.41, 5.74) is 5.14. The predicted octanol–water partition coefficient (Wildman–Crippen LogP) is 1.81. The first-order chi connectivity index (χ1) is 6.52. The fraction of sp³-hybridized carbons (Fsp3) is 0.909. The van der Waals surface area contributed by atoms with E-state index < -0.39 is 0 Å². The summed E-state index contributed by atoms with van der Waals surface area (Å²) in [6.07, 6.45) is 5.97. The SMILES string of the molecule is CCCCCCC(C)(C)NC(=O)CN. The first kappa shape index (κ1) is 13.4. The van der Waals surface area contributed by atoms with E-state index in [1.165, 1.54) is 25.7 Å². The minimum atomic E-state index is -0.107. The Kier molecular flexibility index (Phi) is 6.54. The van der Waals surface area contributed by atoms with Gasteiger partial charge in [-0.1, -0.05) is 32.6 Å². The van der Waals surface area contributed by atoms with Crippen LogP contribution in [0.3, 0.4) is 0 Å². The Morgan fingerprint density at radius 3 is 2.43 bits per heavy atom. The van der Waals surface area contributed by atoms with Gasteiger partial charge in [0, 0.05) is 5.54 Å². The molecule has 0 saturated heterocycles. The van der Waals surface area contributed by atoms with Gasteiger partial charge in [0.2, 0.25) is 5.91 Å². The molecule has 3 nitrogen and oxygen atoms in total. The van der Waals surface area contributed by atoms with E-state index in [2.05, 4.69) is 12.2 Å². The lowest BCUT2D eigenvalue weighted by Crippen LogP contribution is -2.45. The second-order valence-corrected chi connectivity index (χ2v) is 4.45. The van der Waals surface area contributed by atoms with Crippen molar-refractivity contribution >= 4 is 5.91 Å². The minimum absolute atomic E-state index is 0.0644. The van der Waals surface area contributed by atoms with Crippen molar-refractivity contribution in [3.8, 4) is 0 Å². The van der Waals surface area contributed by atoms with Crippen molar-refractivity contribution in [3.05, 3.63) is 0 Å². The normalized spacial score (nSPS) is 11.4. The summed E-state index contributed by atoms with van der Waals surface area (Å²) in [5.74, 6) is -0.0644. The van der Waals surface area contributed by atoms with Crippen molar-refractivity contribution in [2.24, 2.45) is 5.73 Å². The molecule has 0 aliphatic carbocycles. The summed E-state index contributed by atoms with van der Waals surface area (Å²) in [6, 6.07) is 0. The van der Waals surface area contributed by atoms with Gasteiger partial charge >= 0.3 is 0 Å². The minimum Gasteiger partial charge on any atom is -0.350 e. The summed E-state index contributed by atoms with van der Waals surface area (Å²) < 4.78 is 0. The van der Waals surface area contributed by atoms with E-state index in [4.69, 9.17) is 5.73 Å². The van der Waals surface area contributed by atoms with Gasteiger partial charge in [-0.05, 0) is 20.3 Å². The molecule has 0 rings (SSSR count). The molecule has 0 saturated carbocycles. The summed E-state index contributed by atoms with van der Waals surface area (Å²) >= 11 is 0. The number of carbonyl (C=O) groups excluding carboxylic acids is 1. The average Bonchev–Trinajstić information content (AvgIpc) is 2.12. The van der Waals surface area contributed by atoms with Gasteiger partial charge in [0.05, 0.1) is 6.54 Å². The van der Waals surface area contributed by atoms with Crippen LogP contribution in [0.15, 0.2) is 0 Å². The average molecular weight is 200 g/mol. The first-order valence-corrected chi connectivity index (χ1v) is 5.53. The summed E-state index contributed by atoms with van der Waals surface area (Å²) in [6.45, 7) is 6.37. The third kappa shape index (κ3) is 6.89. The van der Waals surface area contributed by atoms with Gasteiger partial charge in [-0.25, -0.2) is 0 Å². The molecule has 0 aromatic carbocycles. The second kappa shape index (κ2) is 6.82. The van der Waals surface area contributed by atoms with Gasteiger partial charge < -0.3 is 11.1 Å². The van der Waals surface area contributed by atoms with Crippen molar-refractivity contribution < 1.29 is 4.79 Å². The van der Waals surface area contributed by atoms with Crippen molar-refractivity contribution in [3.63, 3.8) is 0 Å². The molecule has 0 fully saturated rings. The maximum Gasteiger partial charge on any atom is 0.234 e. The van der Waals surface area contributed by atoms with Crippen LogP contribution in [0, 0.1) is 0 Å². The predicted molar refractivity (Wildman–Crippen MR) is 60.0 cm³/mol. The van der Waals surface area contributed by atoms with Crippen LogP contribution in [0.4, 0.5) is 0 Å². The first-order valence-electron chi connectivity index (χ1n) is 5.53. The number of nitrogens with two attached hydrogens (primary N) is 1. The summed E-state index contributed by atoms with van der Waals surface area (Å²) in [4.78, 5) is 11.1. The van der Waals surface area contributed by atoms with Crippen LogP contribution in [-0.2, 0) is 4.79 Å². The number of nitrogens with one attached hydrogen (secondary N) is 1. The van der Waals surface area contributed by atoms with Crippen molar-refractivity contribution in [1.82, 2.24) is 5.32 Å². The van der Waals surface area contributed by atoms with Gasteiger partial charge in [0.15, 0.2) is 0 Å². The molecule has 0 heterocycles. The van der Waals surface area contributed by atoms with Gasteiger partial charge in [0.1, 0.15) is 0 Å². The van der Waals surface area contributed by atoms with Crippen LogP contribution in [-0.4, -0.2) is 18.0 Å². The molecule has 0 radical (unpaired) electrons. The van der Waals surface area contributed by atoms with Crippen LogP contribution in [0.25, 0.3) is 0 Å². The van der Waals surface area contributed by atoms with Gasteiger partial charge in [-0.2, -0.15) is 0 Å². The molecule has 0 bridgehead atoms. The standard InChI is InChI=1S/C11H24N2O/c1-4-5-6-7-8-11(2,3)13-10(14)9-12/h4-9,12H2,1-3H3,(H,13,14). The van der Waals surface area contributed by atoms with E-state index >= 15 is 0 Å². The lowest BCUT2D eigenvalue weighted by atomic mass is 9.96. The zero-order valence-electron chi connectivity index (χ0n) is 9.73. The highest BCUT2D eigenvalue weighted by molar-refractivity contribution is 5.78. The Bertz CT molecular complexity index is 167. The molecule has 0 unspecified atom stereocenters. The Labute approximate surface area is 87.4 Å². The smallest absolute Gasteiger partial charge is 0.234 e. The van der Waals surface area contributed by atoms with Crippen LogP contribution in [0.5, 0.6) is 0 Å². The maximum atomic E-state index is 11.1. The van der Waals surface area contributed by atoms with Gasteiger partial charge in [0.25, 0.3) is 0 Å². The molecule has 0 aliphatic heterocycles. The number of carbonyl (C=O) groups is 1. The Morgan fingerprint density at radius 2 is 1.93 bits per heavy atom. The van der Waals surface area contributed by atoms with Crippen LogP contribution in [0.2, 0.25) is 0 Å². The Balaban J connectivity index is 3.66. The molecule has 84 valence electrons. The highest BCUT2D eigenvalue weighted by Crippen LogP contribution is 2.14. The molecule has 0 atom stereocenters. The monoisotopic (exact) mass is 200 g/mol. The molecule has 0 aromatic heterocycles. The number of hydrogen-bond donors (Lipinski definition) is 2. The highest BCUT2D eigenvalue weighted by Gasteiger charge is 2.18. The zero-order valence-corrected chi connectivity index (χ0v) is 9.73. The van der Waals surface area contributed by atoms with E-state index in [0.717, 1.165) is 6.42 Å². The lowest BCUT2D eigenvalue weighted by Gasteiger charge is -2.26. The molecule has 3 N–H and O–H groups in total. The molecule has 14 heavy (non-hydrogen) atoms. The quantitative estimate of drug-likeness (QED) is 0.616. The molecule has 1 amide bonds. The molecule has 0 aliphatic rings. The largest absolute Gasteiger partial charge is 0.350 e. The zero-order chi connectivity index (χ0) is 11.0. The van der Waals surface area contributed by atoms with Crippen molar-refractivity contribution in [1.29, 1.82) is 0 Å². The Morgan fingerprint density at radius 1 is 1.29 bits per heavy atom. The number of unbranched alkanes of at least 4 members (excludes halogenated alkanes) is 3. The molecule has 3 heteroatoms. The number of rotatable bonds is 7. The van der Waals surface area contributed by atoms with E-state index in [9.17, 15) is 4.79 Å². The topological polar surface area (TPSA) is 55.1 Å². The van der Waals surface area contributed by atoms with E-state index in [0.29, 0.717) is 0 Å². The maximum absolute atomic E-state index is 11.1. The van der Waals surface area contributed by atoms with Crippen molar-refractivity contribution in [2.45, 2.75) is 58.4 Å². The van der Waals surface area contributed by atoms with E-state index in [-0.39, 0.29) is 18.0 Å². The molecule has 0 spiro atoms. The van der Waals surface area contributed by atoms with Crippen LogP contribution in [0.1, 0.15) is 52.9 Å². The third-order valence-electron chi connectivity index (χ3n) is 2.32. The summed E-state index contributed by atoms with van der Waals surface area (Å²) in [5, 5.41) is 2.92. The fourth-order valence-corrected chi connectivity index (χ4v) is 1.48. The summed E-state index contributed by atoms with van der Waals surface area (Å²) in [7, 11) is 0. The lowest BCUT2D eigenvalue weighted by molar-refractivity contribution is -0.121. The molecular formula is C11H24N2O. The fourth-order valence-electron chi connectivity index (χ4n) is 1.48. The highest BCUT2D eigenvalue weighted by atomic mass is 16.1. The van der Waals surface area contributed by atoms with E-state index in [1.54, 1.807) is 0 Å². The Hall–Kier alpha value is -0.570. The molecule has 0 aromatic rings. The van der Waals surface area contributed by atoms with Crippen LogP contribution >= 0.6 is 0 Å². The van der Waals surface area contributed by atoms with Crippen molar-refractivity contribution in [2.75, 3.05) is 6.54 Å². The second-order valence-electron chi connectivity index (χ2n) is 4.45. The van der Waals surface area contributed by atoms with Gasteiger partial charge in [-0.15, -0.1) is 0 Å². The molecular weight excluding hydrogens is 176 g/mol. The number of amides is 1. The van der Waals surface area contributed by atoms with Crippen LogP contribution < -0.4 is 11.1 Å². The third-order valence-corrected chi connectivity index (χ3v) is 2.32. The van der Waals surface area contributed by atoms with Gasteiger partial charge in [-0.3, -0.25) is 4.79 Å². The number of hydrogen-bond acceptors (Lipinski definition) is 2.